The number of Topliss-reactive ketones (excluding diaryl/α,β-unsaturated/α-hetero) is 1. The van der Waals surface area contributed by atoms with Crippen molar-refractivity contribution in [3.05, 3.63) is 16.6 Å². The number of carbonyl (C=O) groups excluding carboxylic acids is 1. The lowest BCUT2D eigenvalue weighted by atomic mass is 10.1. The maximum absolute atomic E-state index is 11.7. The van der Waals surface area contributed by atoms with Crippen LogP contribution in [0.2, 0.25) is 0 Å². The lowest BCUT2D eigenvalue weighted by Gasteiger charge is -2.29. The van der Waals surface area contributed by atoms with Crippen LogP contribution in [0, 0.1) is 0 Å². The molecule has 2 rings (SSSR count). The molecule has 1 fully saturated rings. The predicted molar refractivity (Wildman–Crippen MR) is 60.1 cm³/mol. The second-order valence-electron chi connectivity index (χ2n) is 3.90. The molecule has 0 saturated carbocycles. The molecule has 0 aliphatic carbocycles. The number of hydrogen-bond acceptors (Lipinski definition) is 5. The topological polar surface area (TPSA) is 59.2 Å². The summed E-state index contributed by atoms with van der Waals surface area (Å²) in [7, 11) is 0. The van der Waals surface area contributed by atoms with Crippen LogP contribution < -0.4 is 5.73 Å². The molecule has 0 spiro atoms. The zero-order chi connectivity index (χ0) is 10.7. The number of likely N-dealkylation sites (tertiary alicyclic amines) is 1. The molecule has 2 N–H and O–H groups in total. The number of piperidine rings is 1. The first-order valence-corrected chi connectivity index (χ1v) is 6.04. The molecular weight excluding hydrogens is 210 g/mol. The Bertz CT molecular complexity index is 325. The zero-order valence-corrected chi connectivity index (χ0v) is 9.37. The Labute approximate surface area is 93.1 Å². The maximum Gasteiger partial charge on any atom is 0.205 e. The van der Waals surface area contributed by atoms with Gasteiger partial charge in [-0.3, -0.25) is 9.69 Å². The molecule has 0 radical (unpaired) electrons. The molecule has 15 heavy (non-hydrogen) atoms. The number of ketones is 1. The van der Waals surface area contributed by atoms with Crippen LogP contribution in [-0.4, -0.2) is 41.3 Å². The number of thiazole rings is 1. The summed E-state index contributed by atoms with van der Waals surface area (Å²) in [4.78, 5) is 17.9. The van der Waals surface area contributed by atoms with E-state index in [1.54, 1.807) is 6.20 Å². The van der Waals surface area contributed by atoms with Crippen molar-refractivity contribution in [2.45, 2.75) is 18.9 Å². The highest BCUT2D eigenvalue weighted by molar-refractivity contribution is 7.11. The summed E-state index contributed by atoms with van der Waals surface area (Å²) in [6, 6.07) is 0.225. The average molecular weight is 225 g/mol. The molecule has 1 aliphatic heterocycles. The van der Waals surface area contributed by atoms with E-state index in [0.29, 0.717) is 11.6 Å². The summed E-state index contributed by atoms with van der Waals surface area (Å²) in [5.74, 6) is 0.110. The van der Waals surface area contributed by atoms with Gasteiger partial charge < -0.3 is 5.73 Å². The molecule has 1 atom stereocenters. The van der Waals surface area contributed by atoms with Gasteiger partial charge in [-0.2, -0.15) is 0 Å². The van der Waals surface area contributed by atoms with Gasteiger partial charge >= 0.3 is 0 Å². The van der Waals surface area contributed by atoms with Crippen molar-refractivity contribution < 1.29 is 4.79 Å². The summed E-state index contributed by atoms with van der Waals surface area (Å²) in [6.07, 6.45) is 3.83. The third kappa shape index (κ3) is 2.84. The van der Waals surface area contributed by atoms with Crippen LogP contribution in [0.4, 0.5) is 0 Å². The van der Waals surface area contributed by atoms with Gasteiger partial charge in [0.05, 0.1) is 6.54 Å². The number of nitrogens with two attached hydrogens (primary N) is 1. The van der Waals surface area contributed by atoms with Crippen LogP contribution in [0.25, 0.3) is 0 Å². The SMILES string of the molecule is N[C@@H]1CCCN(CC(=O)c2nccs2)C1. The zero-order valence-electron chi connectivity index (χ0n) is 8.56. The third-order valence-corrected chi connectivity index (χ3v) is 3.39. The second-order valence-corrected chi connectivity index (χ2v) is 4.79. The van der Waals surface area contributed by atoms with Crippen molar-refractivity contribution in [3.63, 3.8) is 0 Å². The van der Waals surface area contributed by atoms with E-state index in [9.17, 15) is 4.79 Å². The van der Waals surface area contributed by atoms with Gasteiger partial charge in [0, 0.05) is 24.2 Å². The van der Waals surface area contributed by atoms with E-state index in [1.807, 2.05) is 5.38 Å². The molecule has 82 valence electrons. The Balaban J connectivity index is 1.89. The van der Waals surface area contributed by atoms with Crippen LogP contribution in [0.15, 0.2) is 11.6 Å². The third-order valence-electron chi connectivity index (χ3n) is 2.58. The molecule has 1 aromatic rings. The first-order chi connectivity index (χ1) is 7.25. The molecular formula is C10H15N3OS. The molecule has 0 amide bonds. The molecule has 0 bridgehead atoms. The maximum atomic E-state index is 11.7. The van der Waals surface area contributed by atoms with Gasteiger partial charge in [0.25, 0.3) is 0 Å². The van der Waals surface area contributed by atoms with Crippen molar-refractivity contribution in [1.29, 1.82) is 0 Å². The van der Waals surface area contributed by atoms with Gasteiger partial charge in [0.15, 0.2) is 5.01 Å². The Morgan fingerprint density at radius 3 is 3.27 bits per heavy atom. The molecule has 1 aliphatic rings. The Hall–Kier alpha value is -0.780. The molecule has 1 aromatic heterocycles. The van der Waals surface area contributed by atoms with E-state index < -0.39 is 0 Å². The summed E-state index contributed by atoms with van der Waals surface area (Å²) in [5, 5.41) is 2.43. The van der Waals surface area contributed by atoms with E-state index in [2.05, 4.69) is 9.88 Å². The van der Waals surface area contributed by atoms with Crippen LogP contribution in [-0.2, 0) is 0 Å². The van der Waals surface area contributed by atoms with Gasteiger partial charge in [0.2, 0.25) is 5.78 Å². The Morgan fingerprint density at radius 1 is 1.73 bits per heavy atom. The number of rotatable bonds is 3. The van der Waals surface area contributed by atoms with Gasteiger partial charge in [-0.25, -0.2) is 4.98 Å². The Kier molecular flexibility index (Phi) is 3.45. The first kappa shape index (κ1) is 10.7. The molecule has 0 aromatic carbocycles. The lowest BCUT2D eigenvalue weighted by Crippen LogP contribution is -2.44. The van der Waals surface area contributed by atoms with E-state index in [-0.39, 0.29) is 11.8 Å². The number of nitrogens with zero attached hydrogens (tertiary/aromatic N) is 2. The van der Waals surface area contributed by atoms with E-state index >= 15 is 0 Å². The summed E-state index contributed by atoms with van der Waals surface area (Å²) >= 11 is 1.40. The summed E-state index contributed by atoms with van der Waals surface area (Å²) in [5.41, 5.74) is 5.85. The lowest BCUT2D eigenvalue weighted by molar-refractivity contribution is 0.0908. The average Bonchev–Trinajstić information content (AvgIpc) is 2.70. The highest BCUT2D eigenvalue weighted by Gasteiger charge is 2.20. The van der Waals surface area contributed by atoms with Crippen LogP contribution in [0.1, 0.15) is 22.6 Å². The van der Waals surface area contributed by atoms with E-state index in [0.717, 1.165) is 25.9 Å². The number of hydrogen-bond donors (Lipinski definition) is 1. The molecule has 1 saturated heterocycles. The van der Waals surface area contributed by atoms with Crippen molar-refractivity contribution in [3.8, 4) is 0 Å². The van der Waals surface area contributed by atoms with Gasteiger partial charge in [0.1, 0.15) is 0 Å². The monoisotopic (exact) mass is 225 g/mol. The largest absolute Gasteiger partial charge is 0.327 e. The van der Waals surface area contributed by atoms with E-state index in [1.165, 1.54) is 11.3 Å². The molecule has 2 heterocycles. The highest BCUT2D eigenvalue weighted by atomic mass is 32.1. The predicted octanol–water partition coefficient (Wildman–Crippen LogP) is 0.749. The van der Waals surface area contributed by atoms with E-state index in [4.69, 9.17) is 5.73 Å². The minimum Gasteiger partial charge on any atom is -0.327 e. The standard InChI is InChI=1S/C10H15N3OS/c11-8-2-1-4-13(6-8)7-9(14)10-12-3-5-15-10/h3,5,8H,1-2,4,6-7,11H2/t8-/m1/s1. The number of carbonyl (C=O) groups is 1. The Morgan fingerprint density at radius 2 is 2.60 bits per heavy atom. The van der Waals surface area contributed by atoms with Crippen LogP contribution in [0.5, 0.6) is 0 Å². The fourth-order valence-corrected chi connectivity index (χ4v) is 2.44. The highest BCUT2D eigenvalue weighted by Crippen LogP contribution is 2.11. The van der Waals surface area contributed by atoms with Crippen molar-refractivity contribution in [2.24, 2.45) is 5.73 Å². The minimum absolute atomic E-state index is 0.110. The normalized spacial score (nSPS) is 22.9. The minimum atomic E-state index is 0.110. The number of aromatic nitrogens is 1. The van der Waals surface area contributed by atoms with Crippen LogP contribution in [0.3, 0.4) is 0 Å². The van der Waals surface area contributed by atoms with Gasteiger partial charge in [-0.15, -0.1) is 11.3 Å². The fourth-order valence-electron chi connectivity index (χ4n) is 1.87. The summed E-state index contributed by atoms with van der Waals surface area (Å²) < 4.78 is 0. The molecule has 4 nitrogen and oxygen atoms in total. The first-order valence-electron chi connectivity index (χ1n) is 5.16. The second kappa shape index (κ2) is 4.83. The van der Waals surface area contributed by atoms with Crippen LogP contribution >= 0.6 is 11.3 Å². The smallest absolute Gasteiger partial charge is 0.205 e. The molecule has 5 heteroatoms. The quantitative estimate of drug-likeness (QED) is 0.771. The summed E-state index contributed by atoms with van der Waals surface area (Å²) in [6.45, 7) is 2.27. The van der Waals surface area contributed by atoms with Gasteiger partial charge in [-0.05, 0) is 19.4 Å². The van der Waals surface area contributed by atoms with Crippen molar-refractivity contribution in [2.75, 3.05) is 19.6 Å². The van der Waals surface area contributed by atoms with Crippen molar-refractivity contribution >= 4 is 17.1 Å². The fraction of sp³-hybridized carbons (Fsp3) is 0.600. The van der Waals surface area contributed by atoms with Crippen molar-refractivity contribution in [1.82, 2.24) is 9.88 Å². The molecule has 0 unspecified atom stereocenters. The van der Waals surface area contributed by atoms with Gasteiger partial charge in [-0.1, -0.05) is 0 Å².